The van der Waals surface area contributed by atoms with Crippen LogP contribution in [-0.2, 0) is 28.2 Å². The van der Waals surface area contributed by atoms with Crippen molar-refractivity contribution in [1.29, 1.82) is 0 Å². The van der Waals surface area contributed by atoms with Crippen LogP contribution in [0.5, 0.6) is 0 Å². The molecule has 3 saturated heterocycles. The average Bonchev–Trinajstić information content (AvgIpc) is 3.51. The molecule has 3 aliphatic rings. The molecule has 3 atom stereocenters. The fraction of sp³-hybridized carbons (Fsp3) is 0.828. The number of carbonyl (C=O) groups excluding carboxylic acids is 1. The van der Waals surface area contributed by atoms with E-state index in [1.165, 1.54) is 0 Å². The summed E-state index contributed by atoms with van der Waals surface area (Å²) in [5.41, 5.74) is 1.02. The van der Waals surface area contributed by atoms with E-state index in [0.29, 0.717) is 32.5 Å². The van der Waals surface area contributed by atoms with E-state index in [0.717, 1.165) is 25.0 Å². The number of ether oxygens (including phenoxy) is 4. The number of carbonyl (C=O) groups is 1. The summed E-state index contributed by atoms with van der Waals surface area (Å²) in [6.07, 6.45) is 9.94. The first-order chi connectivity index (χ1) is 17.1. The molecule has 1 N–H and O–H groups in total. The number of hydrogen-bond donors (Lipinski definition) is 1. The molecule has 1 spiro atoms. The fourth-order valence-corrected chi connectivity index (χ4v) is 6.36. The highest BCUT2D eigenvalue weighted by Crippen LogP contribution is 2.46. The number of amides is 1. The molecular weight excluding hydrogens is 486 g/mol. The van der Waals surface area contributed by atoms with Crippen LogP contribution in [0.1, 0.15) is 80.6 Å². The molecule has 0 aromatic rings. The van der Waals surface area contributed by atoms with Gasteiger partial charge in [-0.05, 0) is 52.2 Å². The first-order valence-corrected chi connectivity index (χ1v) is 16.9. The van der Waals surface area contributed by atoms with Crippen LogP contribution in [0, 0.1) is 0 Å². The maximum absolute atomic E-state index is 12.5. The second-order valence-electron chi connectivity index (χ2n) is 13.4. The third-order valence-corrected chi connectivity index (χ3v) is 12.6. The molecule has 0 radical (unpaired) electrons. The lowest BCUT2D eigenvalue weighted by Gasteiger charge is -2.38. The molecule has 0 bridgehead atoms. The van der Waals surface area contributed by atoms with Gasteiger partial charge < -0.3 is 28.7 Å². The molecule has 0 saturated carbocycles. The van der Waals surface area contributed by atoms with Crippen molar-refractivity contribution < 1.29 is 28.2 Å². The monoisotopic (exact) mass is 537 g/mol. The van der Waals surface area contributed by atoms with Crippen LogP contribution in [0.4, 0.5) is 0 Å². The van der Waals surface area contributed by atoms with Gasteiger partial charge in [-0.25, -0.2) is 0 Å². The quantitative estimate of drug-likeness (QED) is 0.220. The number of hydrogen-bond acceptors (Lipinski definition) is 6. The van der Waals surface area contributed by atoms with Crippen molar-refractivity contribution in [1.82, 2.24) is 5.32 Å². The van der Waals surface area contributed by atoms with Crippen LogP contribution in [0.3, 0.4) is 0 Å². The van der Waals surface area contributed by atoms with Crippen molar-refractivity contribution in [2.45, 2.75) is 134 Å². The normalized spacial score (nSPS) is 31.5. The first kappa shape index (κ1) is 30.5. The van der Waals surface area contributed by atoms with E-state index in [-0.39, 0.29) is 46.7 Å². The van der Waals surface area contributed by atoms with Crippen LogP contribution in [0.15, 0.2) is 23.8 Å². The van der Waals surface area contributed by atoms with Gasteiger partial charge in [0.05, 0.1) is 43.2 Å². The standard InChI is InChI=1S/C29H51NO6Si/c1-21(10-13-24-16-29(20-34-29)19-28(6,7)35-24)11-15-26-32-17-23(18-33-26)30-25(31)14-12-22(2)36-37(8,9)27(3,4)5/h10-11,13,22-24,26H,12,14-20H2,1-9H3,(H,30,31)/b13-10+,21-11+/t22?,23?,24-,26?,29-/m1/s1. The molecule has 0 aromatic heterocycles. The zero-order valence-electron chi connectivity index (χ0n) is 24.6. The van der Waals surface area contributed by atoms with E-state index in [1.54, 1.807) is 0 Å². The summed E-state index contributed by atoms with van der Waals surface area (Å²) in [7, 11) is -1.82. The number of nitrogens with one attached hydrogen (secondary N) is 1. The molecule has 3 heterocycles. The van der Waals surface area contributed by atoms with Crippen molar-refractivity contribution in [3.05, 3.63) is 23.8 Å². The molecule has 8 heteroatoms. The number of epoxide rings is 1. The minimum atomic E-state index is -1.82. The van der Waals surface area contributed by atoms with Gasteiger partial charge in [-0.1, -0.05) is 44.6 Å². The van der Waals surface area contributed by atoms with E-state index in [4.69, 9.17) is 23.4 Å². The lowest BCUT2D eigenvalue weighted by molar-refractivity contribution is -0.188. The molecule has 212 valence electrons. The summed E-state index contributed by atoms with van der Waals surface area (Å²) in [5, 5.41) is 3.21. The predicted octanol–water partition coefficient (Wildman–Crippen LogP) is 5.65. The minimum Gasteiger partial charge on any atom is -0.414 e. The molecule has 3 aliphatic heterocycles. The Morgan fingerprint density at radius 3 is 2.46 bits per heavy atom. The third-order valence-electron chi connectivity index (χ3n) is 7.96. The maximum Gasteiger partial charge on any atom is 0.220 e. The zero-order valence-corrected chi connectivity index (χ0v) is 25.6. The SMILES string of the molecule is CC(/C=C/[C@@H]1C[C@]2(CO2)CC(C)(C)O1)=C\CC1OCC(NC(=O)CCC(C)O[Si](C)(C)C(C)(C)C)CO1. The summed E-state index contributed by atoms with van der Waals surface area (Å²) in [6.45, 7) is 21.4. The Kier molecular flexibility index (Phi) is 9.90. The molecule has 37 heavy (non-hydrogen) atoms. The van der Waals surface area contributed by atoms with Gasteiger partial charge in [0, 0.05) is 31.8 Å². The molecule has 3 rings (SSSR count). The molecule has 0 aliphatic carbocycles. The van der Waals surface area contributed by atoms with Crippen LogP contribution < -0.4 is 5.32 Å². The Hall–Kier alpha value is -1.03. The topological polar surface area (TPSA) is 78.5 Å². The highest BCUT2D eigenvalue weighted by atomic mass is 28.4. The smallest absolute Gasteiger partial charge is 0.220 e. The summed E-state index contributed by atoms with van der Waals surface area (Å²) in [5.74, 6) is 0.0219. The van der Waals surface area contributed by atoms with Crippen molar-refractivity contribution in [3.8, 4) is 0 Å². The van der Waals surface area contributed by atoms with E-state index >= 15 is 0 Å². The van der Waals surface area contributed by atoms with Crippen LogP contribution in [-0.4, -0.2) is 69.8 Å². The number of rotatable bonds is 10. The van der Waals surface area contributed by atoms with Crippen LogP contribution in [0.2, 0.25) is 18.1 Å². The van der Waals surface area contributed by atoms with Gasteiger partial charge in [0.1, 0.15) is 0 Å². The Bertz CT molecular complexity index is 828. The molecule has 3 fully saturated rings. The van der Waals surface area contributed by atoms with Gasteiger partial charge >= 0.3 is 0 Å². The van der Waals surface area contributed by atoms with Crippen molar-refractivity contribution in [3.63, 3.8) is 0 Å². The highest BCUT2D eigenvalue weighted by Gasteiger charge is 2.53. The lowest BCUT2D eigenvalue weighted by Crippen LogP contribution is -2.47. The molecule has 7 nitrogen and oxygen atoms in total. The van der Waals surface area contributed by atoms with Gasteiger partial charge in [-0.3, -0.25) is 4.79 Å². The Morgan fingerprint density at radius 1 is 1.22 bits per heavy atom. The van der Waals surface area contributed by atoms with Gasteiger partial charge in [0.25, 0.3) is 0 Å². The van der Waals surface area contributed by atoms with Gasteiger partial charge in [0.15, 0.2) is 14.6 Å². The summed E-state index contributed by atoms with van der Waals surface area (Å²) in [6, 6.07) is -0.117. The largest absolute Gasteiger partial charge is 0.414 e. The minimum absolute atomic E-state index is 0.0219. The lowest BCUT2D eigenvalue weighted by atomic mass is 9.85. The van der Waals surface area contributed by atoms with E-state index in [1.807, 2.05) is 0 Å². The van der Waals surface area contributed by atoms with Crippen molar-refractivity contribution in [2.75, 3.05) is 19.8 Å². The van der Waals surface area contributed by atoms with Crippen LogP contribution in [0.25, 0.3) is 0 Å². The predicted molar refractivity (Wildman–Crippen MR) is 149 cm³/mol. The number of allylic oxidation sites excluding steroid dienone is 2. The van der Waals surface area contributed by atoms with E-state index in [9.17, 15) is 4.79 Å². The second-order valence-corrected chi connectivity index (χ2v) is 18.2. The van der Waals surface area contributed by atoms with E-state index < -0.39 is 8.32 Å². The molecule has 0 aromatic carbocycles. The van der Waals surface area contributed by atoms with Gasteiger partial charge in [0.2, 0.25) is 5.91 Å². The first-order valence-electron chi connectivity index (χ1n) is 14.0. The third kappa shape index (κ3) is 9.58. The maximum atomic E-state index is 12.5. The molecular formula is C29H51NO6Si. The Morgan fingerprint density at radius 2 is 1.86 bits per heavy atom. The fourth-order valence-electron chi connectivity index (χ4n) is 4.88. The second kappa shape index (κ2) is 12.0. The van der Waals surface area contributed by atoms with Crippen molar-refractivity contribution in [2.24, 2.45) is 0 Å². The van der Waals surface area contributed by atoms with Crippen molar-refractivity contribution >= 4 is 14.2 Å². The zero-order chi connectivity index (χ0) is 27.5. The summed E-state index contributed by atoms with van der Waals surface area (Å²) in [4.78, 5) is 12.5. The molecule has 1 unspecified atom stereocenters. The summed E-state index contributed by atoms with van der Waals surface area (Å²) < 4.78 is 30.0. The van der Waals surface area contributed by atoms with Crippen LogP contribution >= 0.6 is 0 Å². The average molecular weight is 538 g/mol. The Labute approximate surface area is 225 Å². The molecule has 1 amide bonds. The van der Waals surface area contributed by atoms with Gasteiger partial charge in [-0.2, -0.15) is 0 Å². The van der Waals surface area contributed by atoms with Gasteiger partial charge in [-0.15, -0.1) is 0 Å². The highest BCUT2D eigenvalue weighted by molar-refractivity contribution is 6.74. The Balaban J connectivity index is 1.33. The van der Waals surface area contributed by atoms with E-state index in [2.05, 4.69) is 85.1 Å². The summed E-state index contributed by atoms with van der Waals surface area (Å²) >= 11 is 0.